The van der Waals surface area contributed by atoms with Gasteiger partial charge in [0.25, 0.3) is 0 Å². The summed E-state index contributed by atoms with van der Waals surface area (Å²) in [6.45, 7) is 12.2. The summed E-state index contributed by atoms with van der Waals surface area (Å²) < 4.78 is 18.6. The minimum Gasteiger partial charge on any atom is -0.444 e. The number of carbonyl (C=O) groups is 1. The second-order valence-electron chi connectivity index (χ2n) is 7.23. The highest BCUT2D eigenvalue weighted by molar-refractivity contribution is 5.89. The Hall–Kier alpha value is -1.78. The Morgan fingerprint density at radius 2 is 1.76 bits per heavy atom. The zero-order chi connectivity index (χ0) is 16.3. The fourth-order valence-corrected chi connectivity index (χ4v) is 1.55. The van der Waals surface area contributed by atoms with Gasteiger partial charge in [0.2, 0.25) is 0 Å². The molecule has 4 nitrogen and oxygen atoms in total. The highest BCUT2D eigenvalue weighted by Crippen LogP contribution is 2.25. The maximum absolute atomic E-state index is 13.4. The number of ether oxygens (including phenoxy) is 1. The molecule has 0 aliphatic rings. The normalized spacial score (nSPS) is 12.0. The third-order valence-corrected chi connectivity index (χ3v) is 2.43. The van der Waals surface area contributed by atoms with E-state index < -0.39 is 11.7 Å². The standard InChI is InChI=1S/C16H25FN2O2/c1-15(2,3)10-18-13-9-11(17)7-8-12(13)19-14(20)21-16(4,5)6/h7-9,18H,10H2,1-6H3,(H,19,20). The molecule has 0 fully saturated rings. The summed E-state index contributed by atoms with van der Waals surface area (Å²) >= 11 is 0. The molecule has 1 rings (SSSR count). The largest absolute Gasteiger partial charge is 0.444 e. The first-order valence-electron chi connectivity index (χ1n) is 7.00. The van der Waals surface area contributed by atoms with Crippen LogP contribution in [-0.2, 0) is 4.74 Å². The van der Waals surface area contributed by atoms with Crippen molar-refractivity contribution >= 4 is 17.5 Å². The Kier molecular flexibility index (Phi) is 5.20. The van der Waals surface area contributed by atoms with Gasteiger partial charge < -0.3 is 10.1 Å². The van der Waals surface area contributed by atoms with Gasteiger partial charge in [-0.1, -0.05) is 20.8 Å². The van der Waals surface area contributed by atoms with E-state index in [-0.39, 0.29) is 11.2 Å². The maximum atomic E-state index is 13.4. The third kappa shape index (κ3) is 6.97. The lowest BCUT2D eigenvalue weighted by molar-refractivity contribution is 0.0636. The molecule has 21 heavy (non-hydrogen) atoms. The fourth-order valence-electron chi connectivity index (χ4n) is 1.55. The van der Waals surface area contributed by atoms with E-state index in [1.54, 1.807) is 20.8 Å². The first kappa shape index (κ1) is 17.3. The SMILES string of the molecule is CC(C)(C)CNc1cc(F)ccc1NC(=O)OC(C)(C)C. The number of nitrogens with one attached hydrogen (secondary N) is 2. The van der Waals surface area contributed by atoms with Crippen LogP contribution in [0.15, 0.2) is 18.2 Å². The summed E-state index contributed by atoms with van der Waals surface area (Å²) in [5, 5.41) is 5.79. The van der Waals surface area contributed by atoms with Gasteiger partial charge in [-0.05, 0) is 44.4 Å². The van der Waals surface area contributed by atoms with E-state index in [1.807, 2.05) is 0 Å². The highest BCUT2D eigenvalue weighted by atomic mass is 19.1. The topological polar surface area (TPSA) is 50.4 Å². The van der Waals surface area contributed by atoms with E-state index in [2.05, 4.69) is 31.4 Å². The van der Waals surface area contributed by atoms with Crippen molar-refractivity contribution in [1.82, 2.24) is 0 Å². The molecule has 0 atom stereocenters. The van der Waals surface area contributed by atoms with Crippen LogP contribution in [0, 0.1) is 11.2 Å². The van der Waals surface area contributed by atoms with Gasteiger partial charge in [0.15, 0.2) is 0 Å². The van der Waals surface area contributed by atoms with E-state index in [0.717, 1.165) is 0 Å². The van der Waals surface area contributed by atoms with Crippen molar-refractivity contribution in [3.05, 3.63) is 24.0 Å². The van der Waals surface area contributed by atoms with Gasteiger partial charge in [0.1, 0.15) is 11.4 Å². The number of carbonyl (C=O) groups excluding carboxylic acids is 1. The highest BCUT2D eigenvalue weighted by Gasteiger charge is 2.18. The van der Waals surface area contributed by atoms with Gasteiger partial charge in [-0.25, -0.2) is 9.18 Å². The molecule has 5 heteroatoms. The smallest absolute Gasteiger partial charge is 0.412 e. The molecule has 0 aromatic heterocycles. The average molecular weight is 296 g/mol. The molecule has 0 heterocycles. The molecular formula is C16H25FN2O2. The summed E-state index contributed by atoms with van der Waals surface area (Å²) in [4.78, 5) is 11.8. The minimum absolute atomic E-state index is 0.0372. The predicted octanol–water partition coefficient (Wildman–Crippen LogP) is 4.63. The second kappa shape index (κ2) is 6.33. The Balaban J connectivity index is 2.84. The van der Waals surface area contributed by atoms with Gasteiger partial charge in [0, 0.05) is 6.54 Å². The van der Waals surface area contributed by atoms with Gasteiger partial charge in [-0.15, -0.1) is 0 Å². The van der Waals surface area contributed by atoms with E-state index in [1.165, 1.54) is 18.2 Å². The Morgan fingerprint density at radius 1 is 1.14 bits per heavy atom. The first-order chi connectivity index (χ1) is 9.46. The summed E-state index contributed by atoms with van der Waals surface area (Å²) in [6, 6.07) is 4.18. The number of hydrogen-bond acceptors (Lipinski definition) is 3. The Bertz CT molecular complexity index is 502. The Labute approximate surface area is 126 Å². The van der Waals surface area contributed by atoms with Crippen molar-refractivity contribution in [1.29, 1.82) is 0 Å². The monoisotopic (exact) mass is 296 g/mol. The molecule has 1 aromatic carbocycles. The van der Waals surface area contributed by atoms with Crippen molar-refractivity contribution in [2.45, 2.75) is 47.1 Å². The van der Waals surface area contributed by atoms with Crippen LogP contribution in [0.3, 0.4) is 0 Å². The molecular weight excluding hydrogens is 271 g/mol. The quantitative estimate of drug-likeness (QED) is 0.855. The van der Waals surface area contributed by atoms with Crippen LogP contribution < -0.4 is 10.6 Å². The summed E-state index contributed by atoms with van der Waals surface area (Å²) in [6.07, 6.45) is -0.562. The maximum Gasteiger partial charge on any atom is 0.412 e. The van der Waals surface area contributed by atoms with Gasteiger partial charge >= 0.3 is 6.09 Å². The molecule has 0 saturated carbocycles. The van der Waals surface area contributed by atoms with Crippen LogP contribution in [0.4, 0.5) is 20.6 Å². The van der Waals surface area contributed by atoms with Crippen LogP contribution in [-0.4, -0.2) is 18.2 Å². The van der Waals surface area contributed by atoms with Crippen molar-refractivity contribution in [2.24, 2.45) is 5.41 Å². The zero-order valence-corrected chi connectivity index (χ0v) is 13.6. The summed E-state index contributed by atoms with van der Waals surface area (Å²) in [5.41, 5.74) is 0.490. The van der Waals surface area contributed by atoms with Crippen LogP contribution in [0.1, 0.15) is 41.5 Å². The van der Waals surface area contributed by atoms with Crippen molar-refractivity contribution in [2.75, 3.05) is 17.2 Å². The first-order valence-corrected chi connectivity index (χ1v) is 7.00. The van der Waals surface area contributed by atoms with Crippen LogP contribution >= 0.6 is 0 Å². The van der Waals surface area contributed by atoms with E-state index >= 15 is 0 Å². The van der Waals surface area contributed by atoms with Crippen LogP contribution in [0.5, 0.6) is 0 Å². The Morgan fingerprint density at radius 3 is 2.29 bits per heavy atom. The predicted molar refractivity (Wildman–Crippen MR) is 84.2 cm³/mol. The molecule has 0 unspecified atom stereocenters. The number of hydrogen-bond donors (Lipinski definition) is 2. The van der Waals surface area contributed by atoms with Crippen molar-refractivity contribution < 1.29 is 13.9 Å². The third-order valence-electron chi connectivity index (χ3n) is 2.43. The lowest BCUT2D eigenvalue weighted by Crippen LogP contribution is -2.27. The van der Waals surface area contributed by atoms with Gasteiger partial charge in [-0.3, -0.25) is 5.32 Å². The van der Waals surface area contributed by atoms with Crippen molar-refractivity contribution in [3.8, 4) is 0 Å². The zero-order valence-electron chi connectivity index (χ0n) is 13.6. The number of halogens is 1. The molecule has 0 aliphatic carbocycles. The van der Waals surface area contributed by atoms with E-state index in [4.69, 9.17) is 4.74 Å². The van der Waals surface area contributed by atoms with Gasteiger partial charge in [0.05, 0.1) is 11.4 Å². The lowest BCUT2D eigenvalue weighted by atomic mass is 9.97. The number of benzene rings is 1. The molecule has 0 radical (unpaired) electrons. The molecule has 0 aliphatic heterocycles. The van der Waals surface area contributed by atoms with Crippen LogP contribution in [0.25, 0.3) is 0 Å². The number of amides is 1. The minimum atomic E-state index is -0.580. The molecule has 1 amide bonds. The molecule has 0 saturated heterocycles. The van der Waals surface area contributed by atoms with Gasteiger partial charge in [-0.2, -0.15) is 0 Å². The molecule has 1 aromatic rings. The molecule has 0 bridgehead atoms. The molecule has 118 valence electrons. The second-order valence-corrected chi connectivity index (χ2v) is 7.23. The van der Waals surface area contributed by atoms with E-state index in [0.29, 0.717) is 17.9 Å². The molecule has 2 N–H and O–H groups in total. The summed E-state index contributed by atoms with van der Waals surface area (Å²) in [7, 11) is 0. The van der Waals surface area contributed by atoms with E-state index in [9.17, 15) is 9.18 Å². The fraction of sp³-hybridized carbons (Fsp3) is 0.562. The summed E-state index contributed by atoms with van der Waals surface area (Å²) in [5.74, 6) is -0.360. The average Bonchev–Trinajstić information content (AvgIpc) is 2.26. The number of rotatable bonds is 3. The molecule has 0 spiro atoms. The number of anilines is 2. The van der Waals surface area contributed by atoms with Crippen LogP contribution in [0.2, 0.25) is 0 Å². The lowest BCUT2D eigenvalue weighted by Gasteiger charge is -2.23. The van der Waals surface area contributed by atoms with Crippen molar-refractivity contribution in [3.63, 3.8) is 0 Å².